The summed E-state index contributed by atoms with van der Waals surface area (Å²) >= 11 is 0. The number of nitrogens with one attached hydrogen (secondary N) is 1. The largest absolute Gasteiger partial charge is 0.323 e. The Labute approximate surface area is 165 Å². The molecule has 1 aliphatic carbocycles. The molecule has 146 valence electrons. The van der Waals surface area contributed by atoms with Crippen molar-refractivity contribution in [2.45, 2.75) is 36.5 Å². The quantitative estimate of drug-likeness (QED) is 0.839. The van der Waals surface area contributed by atoms with Gasteiger partial charge < -0.3 is 10.2 Å². The highest BCUT2D eigenvalue weighted by atomic mass is 32.2. The van der Waals surface area contributed by atoms with Crippen LogP contribution in [0.1, 0.15) is 36.3 Å². The van der Waals surface area contributed by atoms with Gasteiger partial charge in [-0.25, -0.2) is 13.2 Å². The van der Waals surface area contributed by atoms with Gasteiger partial charge in [0.2, 0.25) is 0 Å². The van der Waals surface area contributed by atoms with E-state index in [9.17, 15) is 13.2 Å². The van der Waals surface area contributed by atoms with Crippen molar-refractivity contribution in [2.24, 2.45) is 5.41 Å². The monoisotopic (exact) mass is 396 g/mol. The Hall–Kier alpha value is -2.34. The molecule has 2 aromatic carbocycles. The number of fused-ring (bicyclic) bond motifs is 1. The van der Waals surface area contributed by atoms with Gasteiger partial charge in [-0.15, -0.1) is 0 Å². The van der Waals surface area contributed by atoms with E-state index in [0.717, 1.165) is 24.9 Å². The van der Waals surface area contributed by atoms with Crippen LogP contribution in [0.3, 0.4) is 0 Å². The van der Waals surface area contributed by atoms with Gasteiger partial charge in [0.15, 0.2) is 9.84 Å². The summed E-state index contributed by atoms with van der Waals surface area (Å²) in [7, 11) is -3.21. The van der Waals surface area contributed by atoms with Crippen LogP contribution in [0.15, 0.2) is 53.4 Å². The fourth-order valence-electron chi connectivity index (χ4n) is 5.09. The number of hydrogen-bond acceptors (Lipinski definition) is 3. The minimum absolute atomic E-state index is 0.139. The predicted molar refractivity (Wildman–Crippen MR) is 108 cm³/mol. The van der Waals surface area contributed by atoms with Crippen LogP contribution in [0.25, 0.3) is 0 Å². The van der Waals surface area contributed by atoms with E-state index in [2.05, 4.69) is 29.6 Å². The maximum absolute atomic E-state index is 12.9. The topological polar surface area (TPSA) is 66.5 Å². The van der Waals surface area contributed by atoms with Gasteiger partial charge >= 0.3 is 6.03 Å². The van der Waals surface area contributed by atoms with Gasteiger partial charge in [0.25, 0.3) is 0 Å². The molecule has 6 heteroatoms. The number of urea groups is 1. The molecular formula is C22H24N2O3S. The van der Waals surface area contributed by atoms with E-state index in [-0.39, 0.29) is 17.2 Å². The van der Waals surface area contributed by atoms with E-state index >= 15 is 0 Å². The van der Waals surface area contributed by atoms with Crippen molar-refractivity contribution in [1.29, 1.82) is 0 Å². The van der Waals surface area contributed by atoms with Crippen LogP contribution in [0.5, 0.6) is 0 Å². The van der Waals surface area contributed by atoms with Crippen LogP contribution in [0.4, 0.5) is 10.5 Å². The first kappa shape index (κ1) is 17.7. The van der Waals surface area contributed by atoms with Crippen molar-refractivity contribution < 1.29 is 13.2 Å². The van der Waals surface area contributed by atoms with Gasteiger partial charge in [0.05, 0.1) is 10.6 Å². The van der Waals surface area contributed by atoms with Gasteiger partial charge in [0, 0.05) is 24.7 Å². The second-order valence-corrected chi connectivity index (χ2v) is 10.5. The van der Waals surface area contributed by atoms with E-state index in [1.807, 2.05) is 17.0 Å². The Kier molecular flexibility index (Phi) is 4.02. The van der Waals surface area contributed by atoms with Crippen LogP contribution in [-0.4, -0.2) is 38.2 Å². The molecule has 2 heterocycles. The lowest BCUT2D eigenvalue weighted by Gasteiger charge is -2.43. The molecule has 28 heavy (non-hydrogen) atoms. The highest BCUT2D eigenvalue weighted by Crippen LogP contribution is 2.55. The normalized spacial score (nSPS) is 24.0. The van der Waals surface area contributed by atoms with E-state index < -0.39 is 9.84 Å². The van der Waals surface area contributed by atoms with Crippen molar-refractivity contribution in [1.82, 2.24) is 4.90 Å². The van der Waals surface area contributed by atoms with Crippen molar-refractivity contribution in [3.8, 4) is 0 Å². The zero-order valence-electron chi connectivity index (χ0n) is 15.7. The van der Waals surface area contributed by atoms with Crippen LogP contribution in [-0.2, 0) is 16.3 Å². The van der Waals surface area contributed by atoms with Crippen molar-refractivity contribution in [3.05, 3.63) is 59.7 Å². The maximum Gasteiger partial charge on any atom is 0.321 e. The number of aryl methyl sites for hydroxylation is 1. The lowest BCUT2D eigenvalue weighted by Crippen LogP contribution is -2.39. The number of benzene rings is 2. The van der Waals surface area contributed by atoms with Crippen molar-refractivity contribution >= 4 is 21.6 Å². The van der Waals surface area contributed by atoms with Crippen LogP contribution in [0, 0.1) is 5.41 Å². The van der Waals surface area contributed by atoms with Gasteiger partial charge in [-0.3, -0.25) is 0 Å². The molecule has 2 amide bonds. The number of rotatable bonds is 2. The minimum atomic E-state index is -3.21. The lowest BCUT2D eigenvalue weighted by molar-refractivity contribution is 0.125. The molecule has 0 aromatic heterocycles. The molecule has 2 aromatic rings. The molecule has 2 aliphatic heterocycles. The first-order valence-electron chi connectivity index (χ1n) is 9.93. The molecule has 0 radical (unpaired) electrons. The summed E-state index contributed by atoms with van der Waals surface area (Å²) in [5.74, 6) is 0.529. The van der Waals surface area contributed by atoms with Gasteiger partial charge in [-0.1, -0.05) is 42.8 Å². The highest BCUT2D eigenvalue weighted by Gasteiger charge is 2.51. The van der Waals surface area contributed by atoms with E-state index in [4.69, 9.17) is 0 Å². The summed E-state index contributed by atoms with van der Waals surface area (Å²) in [6, 6.07) is 15.6. The van der Waals surface area contributed by atoms with E-state index in [1.165, 1.54) is 12.0 Å². The molecule has 5 rings (SSSR count). The second kappa shape index (κ2) is 6.34. The van der Waals surface area contributed by atoms with Crippen LogP contribution < -0.4 is 5.32 Å². The summed E-state index contributed by atoms with van der Waals surface area (Å²) in [6.45, 7) is 1.47. The zero-order valence-corrected chi connectivity index (χ0v) is 16.5. The van der Waals surface area contributed by atoms with E-state index in [1.54, 1.807) is 12.1 Å². The lowest BCUT2D eigenvalue weighted by atomic mass is 9.61. The second-order valence-electron chi connectivity index (χ2n) is 8.38. The zero-order chi connectivity index (χ0) is 19.4. The minimum Gasteiger partial charge on any atom is -0.323 e. The van der Waals surface area contributed by atoms with E-state index in [0.29, 0.717) is 29.5 Å². The Balaban J connectivity index is 1.36. The number of nitrogens with zero attached hydrogens (tertiary/aromatic N) is 1. The number of sulfone groups is 1. The smallest absolute Gasteiger partial charge is 0.321 e. The predicted octanol–water partition coefficient (Wildman–Crippen LogP) is 3.82. The molecule has 1 atom stereocenters. The number of likely N-dealkylation sites (tertiary alicyclic amines) is 1. The summed E-state index contributed by atoms with van der Waals surface area (Å²) < 4.78 is 24.3. The standard InChI is InChI=1S/C22H24N2O3S/c25-21(23-18-8-7-17-9-12-28(26,27)20(17)13-18)24-14-19(16-5-2-1-3-6-16)22(15-24)10-4-11-22/h1-3,5-8,13,19H,4,9-12,14-15H2,(H,23,25)/t19-/m0/s1. The van der Waals surface area contributed by atoms with Crippen molar-refractivity contribution in [2.75, 3.05) is 24.2 Å². The Bertz CT molecular complexity index is 1030. The molecule has 0 bridgehead atoms. The Morgan fingerprint density at radius 1 is 1.11 bits per heavy atom. The van der Waals surface area contributed by atoms with Gasteiger partial charge in [-0.05, 0) is 47.9 Å². The third kappa shape index (κ3) is 2.82. The third-order valence-corrected chi connectivity index (χ3v) is 8.57. The van der Waals surface area contributed by atoms with Crippen LogP contribution >= 0.6 is 0 Å². The molecule has 3 aliphatic rings. The molecular weight excluding hydrogens is 372 g/mol. The Morgan fingerprint density at radius 2 is 1.89 bits per heavy atom. The molecule has 1 saturated heterocycles. The average molecular weight is 397 g/mol. The fraction of sp³-hybridized carbons (Fsp3) is 0.409. The van der Waals surface area contributed by atoms with Gasteiger partial charge in [0.1, 0.15) is 0 Å². The summed E-state index contributed by atoms with van der Waals surface area (Å²) in [5.41, 5.74) is 2.90. The Morgan fingerprint density at radius 3 is 2.61 bits per heavy atom. The summed E-state index contributed by atoms with van der Waals surface area (Å²) in [6.07, 6.45) is 4.10. The molecule has 1 spiro atoms. The van der Waals surface area contributed by atoms with Crippen LogP contribution in [0.2, 0.25) is 0 Å². The fourth-order valence-corrected chi connectivity index (χ4v) is 6.68. The first-order valence-corrected chi connectivity index (χ1v) is 11.6. The number of carbonyl (C=O) groups excluding carboxylic acids is 1. The number of hydrogen-bond donors (Lipinski definition) is 1. The van der Waals surface area contributed by atoms with Crippen molar-refractivity contribution in [3.63, 3.8) is 0 Å². The molecule has 0 unspecified atom stereocenters. The highest BCUT2D eigenvalue weighted by molar-refractivity contribution is 7.91. The molecule has 1 saturated carbocycles. The first-order chi connectivity index (χ1) is 13.5. The van der Waals surface area contributed by atoms with Gasteiger partial charge in [-0.2, -0.15) is 0 Å². The summed E-state index contributed by atoms with van der Waals surface area (Å²) in [5, 5.41) is 2.93. The number of anilines is 1. The number of amides is 2. The SMILES string of the molecule is O=C(Nc1ccc2c(c1)S(=O)(=O)CC2)N1C[C@@H](c2ccccc2)C2(CCC2)C1. The average Bonchev–Trinajstić information content (AvgIpc) is 3.22. The third-order valence-electron chi connectivity index (χ3n) is 6.78. The molecule has 1 N–H and O–H groups in total. The maximum atomic E-state index is 12.9. The molecule has 5 nitrogen and oxygen atoms in total. The molecule has 2 fully saturated rings. The summed E-state index contributed by atoms with van der Waals surface area (Å²) in [4.78, 5) is 15.2. The number of carbonyl (C=O) groups is 1.